The number of ether oxygens (including phenoxy) is 1. The molecule has 1 aliphatic heterocycles. The van der Waals surface area contributed by atoms with Crippen molar-refractivity contribution in [2.75, 3.05) is 33.8 Å². The number of fused-ring (bicyclic) bond motifs is 1. The number of aryl methyl sites for hydroxylation is 1. The van der Waals surface area contributed by atoms with Crippen molar-refractivity contribution in [3.8, 4) is 5.75 Å². The third-order valence-electron chi connectivity index (χ3n) is 6.64. The van der Waals surface area contributed by atoms with Gasteiger partial charge in [0.2, 0.25) is 0 Å². The summed E-state index contributed by atoms with van der Waals surface area (Å²) in [6.45, 7) is 3.58. The first-order valence-electron chi connectivity index (χ1n) is 11.8. The lowest BCUT2D eigenvalue weighted by Gasteiger charge is -2.34. The lowest BCUT2D eigenvalue weighted by molar-refractivity contribution is -0.123. The van der Waals surface area contributed by atoms with Crippen LogP contribution in [0.4, 0.5) is 0 Å². The second kappa shape index (κ2) is 11.0. The van der Waals surface area contributed by atoms with Crippen LogP contribution in [-0.4, -0.2) is 67.2 Å². The zero-order valence-electron chi connectivity index (χ0n) is 20.2. The van der Waals surface area contributed by atoms with E-state index in [9.17, 15) is 9.59 Å². The van der Waals surface area contributed by atoms with Crippen LogP contribution in [0.3, 0.4) is 0 Å². The van der Waals surface area contributed by atoms with E-state index in [0.717, 1.165) is 55.7 Å². The minimum absolute atomic E-state index is 0.108. The molecule has 1 aromatic carbocycles. The van der Waals surface area contributed by atoms with Crippen LogP contribution in [0.5, 0.6) is 5.75 Å². The molecule has 0 atom stereocenters. The maximum absolute atomic E-state index is 13.3. The van der Waals surface area contributed by atoms with Gasteiger partial charge in [0.25, 0.3) is 11.8 Å². The molecule has 2 heterocycles. The molecule has 10 heteroatoms. The van der Waals surface area contributed by atoms with Crippen molar-refractivity contribution in [1.29, 1.82) is 0 Å². The number of benzene rings is 1. The molecular weight excluding hydrogens is 491 g/mol. The molecule has 2 aliphatic rings. The van der Waals surface area contributed by atoms with Gasteiger partial charge in [-0.15, -0.1) is 0 Å². The zero-order valence-corrected chi connectivity index (χ0v) is 21.7. The SMILES string of the molecule is Cc1c(C(=O)N(C)C2CCN(C)CC2)oc2c1/C(=N/NC(=O)COc1ccc(Cl)cc1Cl)CCC2. The number of piperidine rings is 1. The highest BCUT2D eigenvalue weighted by Gasteiger charge is 2.32. The lowest BCUT2D eigenvalue weighted by atomic mass is 9.93. The van der Waals surface area contributed by atoms with E-state index in [1.165, 1.54) is 0 Å². The molecule has 8 nitrogen and oxygen atoms in total. The number of hydrogen-bond donors (Lipinski definition) is 1. The molecule has 2 aromatic rings. The van der Waals surface area contributed by atoms with Crippen molar-refractivity contribution < 1.29 is 18.7 Å². The zero-order chi connectivity index (χ0) is 25.1. The fourth-order valence-corrected chi connectivity index (χ4v) is 5.05. The first-order valence-corrected chi connectivity index (χ1v) is 12.5. The summed E-state index contributed by atoms with van der Waals surface area (Å²) in [6.07, 6.45) is 4.12. The Morgan fingerprint density at radius 1 is 1.26 bits per heavy atom. The third-order valence-corrected chi connectivity index (χ3v) is 7.17. The molecule has 188 valence electrons. The van der Waals surface area contributed by atoms with Crippen LogP contribution in [0.1, 0.15) is 53.1 Å². The minimum Gasteiger partial charge on any atom is -0.482 e. The van der Waals surface area contributed by atoms with Gasteiger partial charge < -0.3 is 19.0 Å². The fourth-order valence-electron chi connectivity index (χ4n) is 4.59. The maximum atomic E-state index is 13.3. The first-order chi connectivity index (χ1) is 16.7. The van der Waals surface area contributed by atoms with Gasteiger partial charge in [0, 0.05) is 35.7 Å². The Kier molecular flexibility index (Phi) is 8.04. The standard InChI is InChI=1S/C25H30Cl2N4O4/c1-15-23-19(28-29-22(32)14-34-20-8-7-16(26)13-18(20)27)5-4-6-21(23)35-24(15)25(33)31(3)17-9-11-30(2)12-10-17/h7-8,13,17H,4-6,9-12,14H2,1-3H3,(H,29,32)/b28-19+. The van der Waals surface area contributed by atoms with E-state index in [4.69, 9.17) is 32.4 Å². The van der Waals surface area contributed by atoms with Crippen LogP contribution in [0.15, 0.2) is 27.7 Å². The van der Waals surface area contributed by atoms with Crippen LogP contribution in [0.2, 0.25) is 10.0 Å². The van der Waals surface area contributed by atoms with Crippen LogP contribution >= 0.6 is 23.2 Å². The van der Waals surface area contributed by atoms with Gasteiger partial charge in [-0.2, -0.15) is 5.10 Å². The van der Waals surface area contributed by atoms with Crippen molar-refractivity contribution in [2.24, 2.45) is 5.10 Å². The summed E-state index contributed by atoms with van der Waals surface area (Å²) in [5.74, 6) is 0.934. The Morgan fingerprint density at radius 3 is 2.71 bits per heavy atom. The summed E-state index contributed by atoms with van der Waals surface area (Å²) < 4.78 is 11.5. The topological polar surface area (TPSA) is 87.4 Å². The number of furan rings is 1. The molecule has 1 aromatic heterocycles. The largest absolute Gasteiger partial charge is 0.482 e. The van der Waals surface area contributed by atoms with Crippen molar-refractivity contribution in [1.82, 2.24) is 15.2 Å². The number of nitrogens with zero attached hydrogens (tertiary/aromatic N) is 3. The van der Waals surface area contributed by atoms with Gasteiger partial charge in [-0.05, 0) is 70.9 Å². The number of carbonyl (C=O) groups is 2. The number of hydrogen-bond acceptors (Lipinski definition) is 6. The van der Waals surface area contributed by atoms with E-state index >= 15 is 0 Å². The summed E-state index contributed by atoms with van der Waals surface area (Å²) >= 11 is 12.0. The van der Waals surface area contributed by atoms with E-state index in [2.05, 4.69) is 22.5 Å². The molecule has 4 rings (SSSR count). The van der Waals surface area contributed by atoms with E-state index in [1.807, 2.05) is 18.9 Å². The van der Waals surface area contributed by atoms with Gasteiger partial charge >= 0.3 is 0 Å². The molecule has 1 fully saturated rings. The van der Waals surface area contributed by atoms with Crippen LogP contribution in [0, 0.1) is 6.92 Å². The highest BCUT2D eigenvalue weighted by Crippen LogP contribution is 2.31. The molecule has 1 N–H and O–H groups in total. The van der Waals surface area contributed by atoms with Gasteiger partial charge in [-0.25, -0.2) is 5.43 Å². The van der Waals surface area contributed by atoms with Crippen LogP contribution in [0.25, 0.3) is 0 Å². The number of carbonyl (C=O) groups excluding carboxylic acids is 2. The second-order valence-electron chi connectivity index (χ2n) is 9.12. The van der Waals surface area contributed by atoms with Crippen LogP contribution < -0.4 is 10.2 Å². The van der Waals surface area contributed by atoms with Crippen molar-refractivity contribution >= 4 is 40.7 Å². The van der Waals surface area contributed by atoms with Crippen molar-refractivity contribution in [3.05, 3.63) is 50.9 Å². The summed E-state index contributed by atoms with van der Waals surface area (Å²) in [4.78, 5) is 29.7. The predicted octanol–water partition coefficient (Wildman–Crippen LogP) is 4.30. The first kappa shape index (κ1) is 25.5. The number of amides is 2. The number of rotatable bonds is 6. The molecular formula is C25H30Cl2N4O4. The Balaban J connectivity index is 1.43. The Hall–Kier alpha value is -2.55. The molecule has 0 unspecified atom stereocenters. The van der Waals surface area contributed by atoms with Gasteiger partial charge in [0.05, 0.1) is 10.7 Å². The number of halogens is 2. The predicted molar refractivity (Wildman–Crippen MR) is 136 cm³/mol. The number of likely N-dealkylation sites (tertiary alicyclic amines) is 1. The van der Waals surface area contributed by atoms with E-state index in [-0.39, 0.29) is 18.6 Å². The fraction of sp³-hybridized carbons (Fsp3) is 0.480. The van der Waals surface area contributed by atoms with E-state index in [1.54, 1.807) is 18.2 Å². The van der Waals surface area contributed by atoms with Crippen molar-refractivity contribution in [3.63, 3.8) is 0 Å². The van der Waals surface area contributed by atoms with E-state index in [0.29, 0.717) is 33.7 Å². The highest BCUT2D eigenvalue weighted by molar-refractivity contribution is 6.35. The van der Waals surface area contributed by atoms with Gasteiger partial charge in [0.1, 0.15) is 11.5 Å². The number of nitrogens with one attached hydrogen (secondary N) is 1. The van der Waals surface area contributed by atoms with Crippen LogP contribution in [-0.2, 0) is 11.2 Å². The smallest absolute Gasteiger partial charge is 0.289 e. The molecule has 0 saturated carbocycles. The second-order valence-corrected chi connectivity index (χ2v) is 9.96. The molecule has 1 aliphatic carbocycles. The monoisotopic (exact) mass is 520 g/mol. The molecule has 35 heavy (non-hydrogen) atoms. The molecule has 2 amide bonds. The lowest BCUT2D eigenvalue weighted by Crippen LogP contribution is -2.44. The molecule has 0 bridgehead atoms. The number of hydrazone groups is 1. The summed E-state index contributed by atoms with van der Waals surface area (Å²) in [7, 11) is 3.95. The summed E-state index contributed by atoms with van der Waals surface area (Å²) in [6, 6.07) is 4.98. The Labute approximate surface area is 215 Å². The normalized spacial score (nSPS) is 17.8. The third kappa shape index (κ3) is 5.82. The average molecular weight is 521 g/mol. The van der Waals surface area contributed by atoms with Gasteiger partial charge in [-0.3, -0.25) is 9.59 Å². The quantitative estimate of drug-likeness (QED) is 0.573. The highest BCUT2D eigenvalue weighted by atomic mass is 35.5. The van der Waals surface area contributed by atoms with Crippen molar-refractivity contribution in [2.45, 2.75) is 45.1 Å². The maximum Gasteiger partial charge on any atom is 0.289 e. The van der Waals surface area contributed by atoms with E-state index < -0.39 is 5.91 Å². The Morgan fingerprint density at radius 2 is 2.00 bits per heavy atom. The van der Waals surface area contributed by atoms with Gasteiger partial charge in [-0.1, -0.05) is 23.2 Å². The minimum atomic E-state index is -0.421. The molecule has 0 radical (unpaired) electrons. The van der Waals surface area contributed by atoms with Gasteiger partial charge in [0.15, 0.2) is 12.4 Å². The molecule has 1 saturated heterocycles. The average Bonchev–Trinajstić information content (AvgIpc) is 3.18. The summed E-state index contributed by atoms with van der Waals surface area (Å²) in [5, 5.41) is 5.15. The molecule has 0 spiro atoms. The summed E-state index contributed by atoms with van der Waals surface area (Å²) in [5.41, 5.74) is 4.84. The Bertz CT molecular complexity index is 1140.